The zero-order valence-corrected chi connectivity index (χ0v) is 8.64. The monoisotopic (exact) mass is 246 g/mol. The average Bonchev–Trinajstić information content (AvgIpc) is 2.07. The molecule has 1 heterocycles. The Morgan fingerprint density at radius 1 is 1.67 bits per heavy atom. The fourth-order valence-corrected chi connectivity index (χ4v) is 1.27. The van der Waals surface area contributed by atoms with Crippen molar-refractivity contribution in [1.82, 2.24) is 4.98 Å². The Bertz CT molecular complexity index is 299. The minimum absolute atomic E-state index is 0.481. The topological polar surface area (TPSA) is 38.9 Å². The van der Waals surface area contributed by atoms with E-state index in [0.717, 1.165) is 10.0 Å². The third kappa shape index (κ3) is 2.59. The molecule has 12 heavy (non-hydrogen) atoms. The van der Waals surface area contributed by atoms with Gasteiger partial charge in [0.1, 0.15) is 5.15 Å². The highest BCUT2D eigenvalue weighted by Gasteiger charge is 1.96. The summed E-state index contributed by atoms with van der Waals surface area (Å²) in [6.45, 7) is 0.520. The van der Waals surface area contributed by atoms with E-state index in [1.165, 1.54) is 0 Å². The maximum absolute atomic E-state index is 5.70. The fourth-order valence-electron chi connectivity index (χ4n) is 0.750. The van der Waals surface area contributed by atoms with Crippen molar-refractivity contribution in [1.29, 1.82) is 0 Å². The molecule has 0 bridgehead atoms. The largest absolute Gasteiger partial charge is 0.327 e. The number of pyridine rings is 1. The number of halogens is 2. The summed E-state index contributed by atoms with van der Waals surface area (Å²) in [5, 5.41) is 0.481. The van der Waals surface area contributed by atoms with Gasteiger partial charge in [0.2, 0.25) is 0 Å². The van der Waals surface area contributed by atoms with Crippen LogP contribution in [-0.2, 0) is 0 Å². The normalized spacial score (nSPS) is 10.9. The SMILES string of the molecule is NCC=Cc1cc(Cl)ncc1Br. The third-order valence-electron chi connectivity index (χ3n) is 1.29. The van der Waals surface area contributed by atoms with Crippen LogP contribution in [0.15, 0.2) is 22.8 Å². The van der Waals surface area contributed by atoms with Crippen molar-refractivity contribution in [2.45, 2.75) is 0 Å². The summed E-state index contributed by atoms with van der Waals surface area (Å²) in [4.78, 5) is 3.90. The molecule has 1 aromatic rings. The smallest absolute Gasteiger partial charge is 0.129 e. The number of hydrogen-bond donors (Lipinski definition) is 1. The van der Waals surface area contributed by atoms with Crippen molar-refractivity contribution in [2.75, 3.05) is 6.54 Å². The van der Waals surface area contributed by atoms with Gasteiger partial charge in [0, 0.05) is 17.2 Å². The average molecular weight is 248 g/mol. The van der Waals surface area contributed by atoms with E-state index in [0.29, 0.717) is 11.7 Å². The van der Waals surface area contributed by atoms with Crippen LogP contribution >= 0.6 is 27.5 Å². The first-order chi connectivity index (χ1) is 5.74. The lowest BCUT2D eigenvalue weighted by molar-refractivity contribution is 1.26. The Labute approximate surface area is 84.6 Å². The van der Waals surface area contributed by atoms with Crippen molar-refractivity contribution < 1.29 is 0 Å². The second-order valence-electron chi connectivity index (χ2n) is 2.17. The summed E-state index contributed by atoms with van der Waals surface area (Å²) in [5.74, 6) is 0. The van der Waals surface area contributed by atoms with Crippen molar-refractivity contribution in [3.63, 3.8) is 0 Å². The quantitative estimate of drug-likeness (QED) is 0.816. The lowest BCUT2D eigenvalue weighted by Gasteiger charge is -1.97. The lowest BCUT2D eigenvalue weighted by Crippen LogP contribution is -1.92. The van der Waals surface area contributed by atoms with E-state index in [9.17, 15) is 0 Å². The first-order valence-electron chi connectivity index (χ1n) is 3.41. The predicted molar refractivity (Wildman–Crippen MR) is 55.0 cm³/mol. The van der Waals surface area contributed by atoms with E-state index in [2.05, 4.69) is 20.9 Å². The first kappa shape index (κ1) is 9.71. The molecular formula is C8H8BrClN2. The second kappa shape index (κ2) is 4.60. The Kier molecular flexibility index (Phi) is 3.72. The maximum atomic E-state index is 5.70. The molecule has 0 radical (unpaired) electrons. The molecule has 0 saturated heterocycles. The van der Waals surface area contributed by atoms with E-state index in [4.69, 9.17) is 17.3 Å². The van der Waals surface area contributed by atoms with Crippen molar-refractivity contribution in [2.24, 2.45) is 5.73 Å². The molecule has 0 spiro atoms. The minimum Gasteiger partial charge on any atom is -0.327 e. The van der Waals surface area contributed by atoms with Crippen molar-refractivity contribution in [3.05, 3.63) is 33.5 Å². The molecule has 0 aliphatic carbocycles. The van der Waals surface area contributed by atoms with E-state index < -0.39 is 0 Å². The van der Waals surface area contributed by atoms with Gasteiger partial charge in [0.15, 0.2) is 0 Å². The van der Waals surface area contributed by atoms with Crippen LogP contribution in [-0.4, -0.2) is 11.5 Å². The number of aromatic nitrogens is 1. The van der Waals surface area contributed by atoms with Crippen LogP contribution in [0.25, 0.3) is 6.08 Å². The van der Waals surface area contributed by atoms with Crippen LogP contribution in [0.4, 0.5) is 0 Å². The number of nitrogens with two attached hydrogens (primary N) is 1. The van der Waals surface area contributed by atoms with E-state index in [1.807, 2.05) is 12.2 Å². The van der Waals surface area contributed by atoms with Crippen molar-refractivity contribution in [3.8, 4) is 0 Å². The van der Waals surface area contributed by atoms with Crippen LogP contribution in [0.2, 0.25) is 5.15 Å². The first-order valence-corrected chi connectivity index (χ1v) is 4.59. The number of nitrogens with zero attached hydrogens (tertiary/aromatic N) is 1. The van der Waals surface area contributed by atoms with Gasteiger partial charge in [-0.1, -0.05) is 23.8 Å². The number of rotatable bonds is 2. The van der Waals surface area contributed by atoms with Crippen LogP contribution in [0, 0.1) is 0 Å². The maximum Gasteiger partial charge on any atom is 0.129 e. The molecule has 64 valence electrons. The Balaban J connectivity index is 2.97. The van der Waals surface area contributed by atoms with E-state index in [1.54, 1.807) is 12.3 Å². The van der Waals surface area contributed by atoms with Gasteiger partial charge < -0.3 is 5.73 Å². The Morgan fingerprint density at radius 3 is 3.08 bits per heavy atom. The predicted octanol–water partition coefficient (Wildman–Crippen LogP) is 2.47. The van der Waals surface area contributed by atoms with E-state index in [-0.39, 0.29) is 0 Å². The van der Waals surface area contributed by atoms with Crippen LogP contribution in [0.5, 0.6) is 0 Å². The highest BCUT2D eigenvalue weighted by Crippen LogP contribution is 2.19. The summed E-state index contributed by atoms with van der Waals surface area (Å²) in [7, 11) is 0. The summed E-state index contributed by atoms with van der Waals surface area (Å²) >= 11 is 9.05. The zero-order valence-electron chi connectivity index (χ0n) is 6.30. The molecule has 0 saturated carbocycles. The Hall–Kier alpha value is -0.380. The van der Waals surface area contributed by atoms with Crippen molar-refractivity contribution >= 4 is 33.6 Å². The van der Waals surface area contributed by atoms with Gasteiger partial charge in [-0.15, -0.1) is 0 Å². The van der Waals surface area contributed by atoms with E-state index >= 15 is 0 Å². The summed E-state index contributed by atoms with van der Waals surface area (Å²) in [6.07, 6.45) is 5.42. The minimum atomic E-state index is 0.481. The summed E-state index contributed by atoms with van der Waals surface area (Å²) < 4.78 is 0.914. The highest BCUT2D eigenvalue weighted by atomic mass is 79.9. The van der Waals surface area contributed by atoms with Gasteiger partial charge in [-0.2, -0.15) is 0 Å². The molecule has 0 fully saturated rings. The van der Waals surface area contributed by atoms with Gasteiger partial charge >= 0.3 is 0 Å². The molecule has 4 heteroatoms. The fraction of sp³-hybridized carbons (Fsp3) is 0.125. The molecular weight excluding hydrogens is 239 g/mol. The molecule has 2 nitrogen and oxygen atoms in total. The standard InChI is InChI=1S/C8H8BrClN2/c9-7-5-12-8(10)4-6(7)2-1-3-11/h1-2,4-5H,3,11H2. The third-order valence-corrected chi connectivity index (χ3v) is 2.15. The summed E-state index contributed by atoms with van der Waals surface area (Å²) in [6, 6.07) is 1.78. The van der Waals surface area contributed by atoms with Crippen LogP contribution < -0.4 is 5.73 Å². The van der Waals surface area contributed by atoms with Gasteiger partial charge in [-0.25, -0.2) is 4.98 Å². The molecule has 1 aromatic heterocycles. The van der Waals surface area contributed by atoms with Gasteiger partial charge in [0.25, 0.3) is 0 Å². The summed E-state index contributed by atoms with van der Waals surface area (Å²) in [5.41, 5.74) is 6.30. The molecule has 1 rings (SSSR count). The van der Waals surface area contributed by atoms with Gasteiger partial charge in [-0.05, 0) is 27.6 Å². The molecule has 2 N–H and O–H groups in total. The van der Waals surface area contributed by atoms with Gasteiger partial charge in [0.05, 0.1) is 0 Å². The molecule has 0 aromatic carbocycles. The van der Waals surface area contributed by atoms with Crippen LogP contribution in [0.3, 0.4) is 0 Å². The Morgan fingerprint density at radius 2 is 2.42 bits per heavy atom. The second-order valence-corrected chi connectivity index (χ2v) is 3.41. The zero-order chi connectivity index (χ0) is 8.97. The molecule has 0 unspecified atom stereocenters. The lowest BCUT2D eigenvalue weighted by atomic mass is 10.2. The molecule has 0 aliphatic rings. The van der Waals surface area contributed by atoms with Gasteiger partial charge in [-0.3, -0.25) is 0 Å². The molecule has 0 atom stereocenters. The van der Waals surface area contributed by atoms with Crippen LogP contribution in [0.1, 0.15) is 5.56 Å². The number of hydrogen-bond acceptors (Lipinski definition) is 2. The molecule has 0 amide bonds. The highest BCUT2D eigenvalue weighted by molar-refractivity contribution is 9.10. The molecule has 0 aliphatic heterocycles.